The van der Waals surface area contributed by atoms with Gasteiger partial charge in [0, 0.05) is 31.8 Å². The Morgan fingerprint density at radius 1 is 1.23 bits per heavy atom. The van der Waals surface area contributed by atoms with E-state index in [-0.39, 0.29) is 0 Å². The first kappa shape index (κ1) is 11.0. The molecule has 0 aliphatic carbocycles. The van der Waals surface area contributed by atoms with Gasteiger partial charge in [-0.1, -0.05) is 13.8 Å². The van der Waals surface area contributed by atoms with Crippen LogP contribution in [0.15, 0.2) is 0 Å². The van der Waals surface area contributed by atoms with Crippen molar-refractivity contribution < 1.29 is 4.74 Å². The summed E-state index contributed by atoms with van der Waals surface area (Å²) < 4.78 is 5.38. The van der Waals surface area contributed by atoms with E-state index in [1.165, 1.54) is 19.5 Å². The molecular weight excluding hydrogens is 164 g/mol. The van der Waals surface area contributed by atoms with Crippen LogP contribution in [-0.2, 0) is 4.74 Å². The summed E-state index contributed by atoms with van der Waals surface area (Å²) in [4.78, 5) is 2.35. The molecule has 0 atom stereocenters. The number of nitrogens with one attached hydrogen (secondary N) is 1. The van der Waals surface area contributed by atoms with Gasteiger partial charge in [0.1, 0.15) is 0 Å². The zero-order valence-electron chi connectivity index (χ0n) is 9.10. The van der Waals surface area contributed by atoms with Crippen molar-refractivity contribution >= 4 is 0 Å². The third-order valence-electron chi connectivity index (χ3n) is 2.62. The van der Waals surface area contributed by atoms with Crippen molar-refractivity contribution in [3.05, 3.63) is 0 Å². The summed E-state index contributed by atoms with van der Waals surface area (Å²) in [5.74, 6) is 0. The van der Waals surface area contributed by atoms with Gasteiger partial charge in [0.15, 0.2) is 0 Å². The molecule has 2 aliphatic rings. The van der Waals surface area contributed by atoms with Crippen LogP contribution in [0.5, 0.6) is 0 Å². The average Bonchev–Trinajstić information content (AvgIpc) is 2.33. The second-order valence-electron chi connectivity index (χ2n) is 3.74. The van der Waals surface area contributed by atoms with Gasteiger partial charge in [-0.15, -0.1) is 0 Å². The Balaban J connectivity index is 0.000000396. The summed E-state index contributed by atoms with van der Waals surface area (Å²) in [5, 5.41) is 3.56. The van der Waals surface area contributed by atoms with Crippen LogP contribution < -0.4 is 5.32 Å². The maximum Gasteiger partial charge on any atom is 0.0591 e. The minimum atomic E-state index is 0.408. The highest BCUT2D eigenvalue weighted by Gasteiger charge is 2.40. The van der Waals surface area contributed by atoms with E-state index in [4.69, 9.17) is 4.74 Å². The lowest BCUT2D eigenvalue weighted by atomic mass is 9.87. The molecule has 2 fully saturated rings. The Kier molecular flexibility index (Phi) is 4.16. The van der Waals surface area contributed by atoms with Crippen LogP contribution in [0.1, 0.15) is 20.3 Å². The maximum atomic E-state index is 5.38. The van der Waals surface area contributed by atoms with Crippen molar-refractivity contribution in [2.45, 2.75) is 25.8 Å². The predicted octanol–water partition coefficient (Wildman–Crippen LogP) is 0.707. The molecule has 3 heteroatoms. The quantitative estimate of drug-likeness (QED) is 0.603. The predicted molar refractivity (Wildman–Crippen MR) is 55.0 cm³/mol. The molecule has 1 spiro atoms. The zero-order chi connectivity index (χ0) is 9.73. The van der Waals surface area contributed by atoms with Crippen LogP contribution in [0.4, 0.5) is 0 Å². The van der Waals surface area contributed by atoms with Gasteiger partial charge < -0.3 is 15.0 Å². The number of nitrogens with zero attached hydrogens (tertiary/aromatic N) is 1. The largest absolute Gasteiger partial charge is 0.380 e. The molecule has 2 rings (SSSR count). The molecule has 0 aromatic carbocycles. The van der Waals surface area contributed by atoms with Gasteiger partial charge >= 0.3 is 0 Å². The van der Waals surface area contributed by atoms with E-state index in [9.17, 15) is 0 Å². The van der Waals surface area contributed by atoms with Crippen molar-refractivity contribution in [2.75, 3.05) is 39.9 Å². The Morgan fingerprint density at radius 2 is 1.92 bits per heavy atom. The lowest BCUT2D eigenvalue weighted by molar-refractivity contribution is 0.0556. The van der Waals surface area contributed by atoms with Crippen molar-refractivity contribution in [3.63, 3.8) is 0 Å². The molecule has 1 N–H and O–H groups in total. The number of rotatable bonds is 0. The fourth-order valence-corrected chi connectivity index (χ4v) is 2.10. The number of likely N-dealkylation sites (N-methyl/N-ethyl adjacent to an activating group) is 1. The van der Waals surface area contributed by atoms with E-state index in [0.29, 0.717) is 5.54 Å². The zero-order valence-corrected chi connectivity index (χ0v) is 9.10. The van der Waals surface area contributed by atoms with Crippen LogP contribution in [0.25, 0.3) is 0 Å². The van der Waals surface area contributed by atoms with Gasteiger partial charge in [-0.25, -0.2) is 0 Å². The molecule has 2 saturated heterocycles. The van der Waals surface area contributed by atoms with Crippen LogP contribution in [0.3, 0.4) is 0 Å². The van der Waals surface area contributed by atoms with E-state index in [1.807, 2.05) is 13.8 Å². The molecule has 78 valence electrons. The SMILES string of the molecule is CC.CN1CC2(CCOCCN2)C1. The number of ether oxygens (including phenoxy) is 1. The minimum absolute atomic E-state index is 0.408. The summed E-state index contributed by atoms with van der Waals surface area (Å²) in [6.07, 6.45) is 1.18. The molecule has 0 amide bonds. The molecule has 2 heterocycles. The van der Waals surface area contributed by atoms with Crippen molar-refractivity contribution in [3.8, 4) is 0 Å². The third kappa shape index (κ3) is 2.66. The Morgan fingerprint density at radius 3 is 2.54 bits per heavy atom. The molecule has 2 aliphatic heterocycles. The van der Waals surface area contributed by atoms with E-state index in [0.717, 1.165) is 19.8 Å². The highest BCUT2D eigenvalue weighted by Crippen LogP contribution is 2.23. The molecule has 0 aromatic heterocycles. The first-order valence-electron chi connectivity index (χ1n) is 5.32. The van der Waals surface area contributed by atoms with Crippen LogP contribution in [0.2, 0.25) is 0 Å². The van der Waals surface area contributed by atoms with Crippen LogP contribution >= 0.6 is 0 Å². The van der Waals surface area contributed by atoms with Gasteiger partial charge in [0.2, 0.25) is 0 Å². The fourth-order valence-electron chi connectivity index (χ4n) is 2.10. The molecule has 0 aromatic rings. The maximum absolute atomic E-state index is 5.38. The first-order valence-corrected chi connectivity index (χ1v) is 5.32. The molecule has 0 radical (unpaired) electrons. The number of likely N-dealkylation sites (tertiary alicyclic amines) is 1. The number of hydrogen-bond donors (Lipinski definition) is 1. The summed E-state index contributed by atoms with van der Waals surface area (Å²) in [6.45, 7) is 9.22. The van der Waals surface area contributed by atoms with Crippen molar-refractivity contribution in [1.82, 2.24) is 10.2 Å². The molecule has 0 unspecified atom stereocenters. The molecule has 3 nitrogen and oxygen atoms in total. The Hall–Kier alpha value is -0.120. The van der Waals surface area contributed by atoms with Crippen molar-refractivity contribution in [2.24, 2.45) is 0 Å². The first-order chi connectivity index (χ1) is 6.31. The van der Waals surface area contributed by atoms with E-state index >= 15 is 0 Å². The van der Waals surface area contributed by atoms with E-state index in [1.54, 1.807) is 0 Å². The summed E-state index contributed by atoms with van der Waals surface area (Å²) in [5.41, 5.74) is 0.408. The van der Waals surface area contributed by atoms with Crippen LogP contribution in [0, 0.1) is 0 Å². The summed E-state index contributed by atoms with van der Waals surface area (Å²) >= 11 is 0. The van der Waals surface area contributed by atoms with Gasteiger partial charge in [-0.2, -0.15) is 0 Å². The fraction of sp³-hybridized carbons (Fsp3) is 1.00. The topological polar surface area (TPSA) is 24.5 Å². The summed E-state index contributed by atoms with van der Waals surface area (Å²) in [7, 11) is 2.17. The average molecular weight is 186 g/mol. The lowest BCUT2D eigenvalue weighted by Gasteiger charge is -2.48. The van der Waals surface area contributed by atoms with E-state index < -0.39 is 0 Å². The smallest absolute Gasteiger partial charge is 0.0591 e. The molecule has 0 bridgehead atoms. The Labute approximate surface area is 81.4 Å². The van der Waals surface area contributed by atoms with Gasteiger partial charge in [-0.3, -0.25) is 0 Å². The highest BCUT2D eigenvalue weighted by molar-refractivity contribution is 5.01. The second kappa shape index (κ2) is 4.94. The van der Waals surface area contributed by atoms with Gasteiger partial charge in [0.25, 0.3) is 0 Å². The van der Waals surface area contributed by atoms with Gasteiger partial charge in [0.05, 0.1) is 6.61 Å². The normalized spacial score (nSPS) is 27.0. The number of hydrogen-bond acceptors (Lipinski definition) is 3. The standard InChI is InChI=1S/C8H16N2O.C2H6/c1-10-6-8(7-10)2-4-11-5-3-9-8;1-2/h9H,2-7H2,1H3;1-2H3. The highest BCUT2D eigenvalue weighted by atomic mass is 16.5. The third-order valence-corrected chi connectivity index (χ3v) is 2.62. The monoisotopic (exact) mass is 186 g/mol. The minimum Gasteiger partial charge on any atom is -0.380 e. The summed E-state index contributed by atoms with van der Waals surface area (Å²) in [6, 6.07) is 0. The van der Waals surface area contributed by atoms with Crippen molar-refractivity contribution in [1.29, 1.82) is 0 Å². The Bertz CT molecular complexity index is 134. The molecule has 13 heavy (non-hydrogen) atoms. The van der Waals surface area contributed by atoms with Crippen LogP contribution in [-0.4, -0.2) is 50.3 Å². The molecule has 0 saturated carbocycles. The second-order valence-corrected chi connectivity index (χ2v) is 3.74. The van der Waals surface area contributed by atoms with Gasteiger partial charge in [-0.05, 0) is 13.5 Å². The molecular formula is C10H22N2O. The lowest BCUT2D eigenvalue weighted by Crippen LogP contribution is -2.67. The van der Waals surface area contributed by atoms with E-state index in [2.05, 4.69) is 17.3 Å².